The van der Waals surface area contributed by atoms with Gasteiger partial charge in [-0.2, -0.15) is 0 Å². The number of carboxylic acid groups (broad SMARTS) is 1. The standard InChI is InChI=1S/C11H20N2O4/c1-3-7(2)9(10(15)16)12-11(17)13-5-4-8(14)6-13/h7-9,14H,3-6H2,1-2H3,(H,12,17)(H,15,16)/t7?,8?,9-/m0/s1. The van der Waals surface area contributed by atoms with Gasteiger partial charge in [-0.25, -0.2) is 9.59 Å². The summed E-state index contributed by atoms with van der Waals surface area (Å²) in [7, 11) is 0. The third-order valence-corrected chi connectivity index (χ3v) is 3.21. The molecule has 17 heavy (non-hydrogen) atoms. The number of carbonyl (C=O) groups excluding carboxylic acids is 1. The van der Waals surface area contributed by atoms with E-state index in [1.807, 2.05) is 6.92 Å². The van der Waals surface area contributed by atoms with Gasteiger partial charge in [0, 0.05) is 13.1 Å². The van der Waals surface area contributed by atoms with Crippen molar-refractivity contribution in [2.45, 2.75) is 38.8 Å². The Balaban J connectivity index is 2.55. The highest BCUT2D eigenvalue weighted by Gasteiger charge is 2.30. The van der Waals surface area contributed by atoms with Gasteiger partial charge < -0.3 is 20.4 Å². The number of nitrogens with zero attached hydrogens (tertiary/aromatic N) is 1. The molecular formula is C11H20N2O4. The van der Waals surface area contributed by atoms with E-state index in [0.29, 0.717) is 19.4 Å². The van der Waals surface area contributed by atoms with Crippen molar-refractivity contribution >= 4 is 12.0 Å². The fourth-order valence-electron chi connectivity index (χ4n) is 1.83. The molecule has 6 heteroatoms. The Kier molecular flexibility index (Phi) is 4.74. The number of hydrogen-bond donors (Lipinski definition) is 3. The lowest BCUT2D eigenvalue weighted by molar-refractivity contribution is -0.140. The Hall–Kier alpha value is -1.30. The van der Waals surface area contributed by atoms with Crippen LogP contribution in [0.3, 0.4) is 0 Å². The van der Waals surface area contributed by atoms with E-state index in [1.165, 1.54) is 4.90 Å². The van der Waals surface area contributed by atoms with Crippen LogP contribution in [-0.4, -0.2) is 52.3 Å². The summed E-state index contributed by atoms with van der Waals surface area (Å²) in [5, 5.41) is 20.9. The van der Waals surface area contributed by atoms with Crippen LogP contribution < -0.4 is 5.32 Å². The lowest BCUT2D eigenvalue weighted by Crippen LogP contribution is -2.50. The third kappa shape index (κ3) is 3.59. The highest BCUT2D eigenvalue weighted by molar-refractivity contribution is 5.82. The van der Waals surface area contributed by atoms with Crippen LogP contribution in [0, 0.1) is 5.92 Å². The quantitative estimate of drug-likeness (QED) is 0.661. The maximum absolute atomic E-state index is 11.8. The van der Waals surface area contributed by atoms with Gasteiger partial charge in [-0.3, -0.25) is 0 Å². The molecule has 3 N–H and O–H groups in total. The summed E-state index contributed by atoms with van der Waals surface area (Å²) in [6, 6.07) is -1.28. The zero-order chi connectivity index (χ0) is 13.0. The molecule has 6 nitrogen and oxygen atoms in total. The number of carboxylic acids is 1. The van der Waals surface area contributed by atoms with E-state index in [2.05, 4.69) is 5.32 Å². The fourth-order valence-corrected chi connectivity index (χ4v) is 1.83. The molecule has 0 aromatic heterocycles. The number of aliphatic carboxylic acids is 1. The van der Waals surface area contributed by atoms with Crippen molar-refractivity contribution in [1.29, 1.82) is 0 Å². The molecule has 3 atom stereocenters. The Morgan fingerprint density at radius 1 is 1.53 bits per heavy atom. The van der Waals surface area contributed by atoms with Crippen LogP contribution in [-0.2, 0) is 4.79 Å². The van der Waals surface area contributed by atoms with Gasteiger partial charge in [0.1, 0.15) is 6.04 Å². The number of rotatable bonds is 4. The van der Waals surface area contributed by atoms with Gasteiger partial charge in [-0.05, 0) is 12.3 Å². The molecule has 1 aliphatic rings. The molecule has 1 aliphatic heterocycles. The van der Waals surface area contributed by atoms with Gasteiger partial charge in [0.2, 0.25) is 0 Å². The summed E-state index contributed by atoms with van der Waals surface area (Å²) in [6.45, 7) is 4.42. The van der Waals surface area contributed by atoms with Crippen molar-refractivity contribution < 1.29 is 19.8 Å². The maximum atomic E-state index is 11.8. The minimum Gasteiger partial charge on any atom is -0.480 e. The van der Waals surface area contributed by atoms with Gasteiger partial charge in [0.25, 0.3) is 0 Å². The monoisotopic (exact) mass is 244 g/mol. The molecule has 2 amide bonds. The van der Waals surface area contributed by atoms with Crippen molar-refractivity contribution in [2.24, 2.45) is 5.92 Å². The lowest BCUT2D eigenvalue weighted by atomic mass is 9.99. The topological polar surface area (TPSA) is 89.9 Å². The summed E-state index contributed by atoms with van der Waals surface area (Å²) < 4.78 is 0. The molecule has 1 heterocycles. The normalized spacial score (nSPS) is 23.2. The van der Waals surface area contributed by atoms with Crippen molar-refractivity contribution in [3.05, 3.63) is 0 Å². The Morgan fingerprint density at radius 3 is 2.59 bits per heavy atom. The Bertz CT molecular complexity index is 295. The van der Waals surface area contributed by atoms with E-state index in [0.717, 1.165) is 0 Å². The predicted molar refractivity (Wildman–Crippen MR) is 61.6 cm³/mol. The van der Waals surface area contributed by atoms with E-state index in [1.54, 1.807) is 6.92 Å². The number of aliphatic hydroxyl groups excluding tert-OH is 1. The number of amides is 2. The second-order valence-electron chi connectivity index (χ2n) is 4.54. The van der Waals surface area contributed by atoms with Crippen LogP contribution in [0.2, 0.25) is 0 Å². The molecule has 1 fully saturated rings. The van der Waals surface area contributed by atoms with Gasteiger partial charge in [-0.15, -0.1) is 0 Å². The molecule has 98 valence electrons. The largest absolute Gasteiger partial charge is 0.480 e. The average Bonchev–Trinajstić information content (AvgIpc) is 2.71. The van der Waals surface area contributed by atoms with Crippen LogP contribution in [0.4, 0.5) is 4.79 Å². The van der Waals surface area contributed by atoms with E-state index in [9.17, 15) is 14.7 Å². The molecule has 0 bridgehead atoms. The zero-order valence-corrected chi connectivity index (χ0v) is 10.2. The van der Waals surface area contributed by atoms with E-state index in [4.69, 9.17) is 5.11 Å². The Labute approximate surface area is 101 Å². The first-order chi connectivity index (χ1) is 7.95. The Morgan fingerprint density at radius 2 is 2.18 bits per heavy atom. The first-order valence-electron chi connectivity index (χ1n) is 5.92. The fraction of sp³-hybridized carbons (Fsp3) is 0.818. The van der Waals surface area contributed by atoms with E-state index >= 15 is 0 Å². The van der Waals surface area contributed by atoms with Crippen LogP contribution in [0.1, 0.15) is 26.7 Å². The highest BCUT2D eigenvalue weighted by Crippen LogP contribution is 2.12. The molecule has 0 aromatic rings. The summed E-state index contributed by atoms with van der Waals surface area (Å²) in [6.07, 6.45) is 0.738. The smallest absolute Gasteiger partial charge is 0.326 e. The minimum absolute atomic E-state index is 0.121. The SMILES string of the molecule is CCC(C)[C@H](NC(=O)N1CCC(O)C1)C(=O)O. The van der Waals surface area contributed by atoms with Crippen LogP contribution in [0.5, 0.6) is 0 Å². The average molecular weight is 244 g/mol. The number of likely N-dealkylation sites (tertiary alicyclic amines) is 1. The molecule has 0 saturated carbocycles. The first kappa shape index (κ1) is 13.8. The summed E-state index contributed by atoms with van der Waals surface area (Å²) >= 11 is 0. The number of aliphatic hydroxyl groups is 1. The number of carbonyl (C=O) groups is 2. The molecule has 0 spiro atoms. The summed E-state index contributed by atoms with van der Waals surface area (Å²) in [4.78, 5) is 24.2. The summed E-state index contributed by atoms with van der Waals surface area (Å²) in [5.74, 6) is -1.14. The van der Waals surface area contributed by atoms with Crippen molar-refractivity contribution in [3.63, 3.8) is 0 Å². The van der Waals surface area contributed by atoms with Crippen LogP contribution in [0.25, 0.3) is 0 Å². The molecule has 0 aromatic carbocycles. The van der Waals surface area contributed by atoms with Crippen molar-refractivity contribution in [1.82, 2.24) is 10.2 Å². The van der Waals surface area contributed by atoms with Gasteiger partial charge in [0.05, 0.1) is 6.10 Å². The molecule has 0 aliphatic carbocycles. The maximum Gasteiger partial charge on any atom is 0.326 e. The molecular weight excluding hydrogens is 224 g/mol. The predicted octanol–water partition coefficient (Wildman–Crippen LogP) is 0.262. The number of urea groups is 1. The van der Waals surface area contributed by atoms with E-state index < -0.39 is 24.1 Å². The van der Waals surface area contributed by atoms with Gasteiger partial charge in [-0.1, -0.05) is 20.3 Å². The second-order valence-corrected chi connectivity index (χ2v) is 4.54. The van der Waals surface area contributed by atoms with Crippen LogP contribution >= 0.6 is 0 Å². The number of hydrogen-bond acceptors (Lipinski definition) is 3. The van der Waals surface area contributed by atoms with Gasteiger partial charge >= 0.3 is 12.0 Å². The second kappa shape index (κ2) is 5.86. The number of nitrogens with one attached hydrogen (secondary N) is 1. The first-order valence-corrected chi connectivity index (χ1v) is 5.92. The van der Waals surface area contributed by atoms with Crippen molar-refractivity contribution in [3.8, 4) is 0 Å². The zero-order valence-electron chi connectivity index (χ0n) is 10.2. The lowest BCUT2D eigenvalue weighted by Gasteiger charge is -2.24. The van der Waals surface area contributed by atoms with Gasteiger partial charge in [0.15, 0.2) is 0 Å². The van der Waals surface area contributed by atoms with E-state index in [-0.39, 0.29) is 12.5 Å². The molecule has 0 radical (unpaired) electrons. The van der Waals surface area contributed by atoms with Crippen LogP contribution in [0.15, 0.2) is 0 Å². The molecule has 1 saturated heterocycles. The summed E-state index contributed by atoms with van der Waals surface area (Å²) in [5.41, 5.74) is 0. The third-order valence-electron chi connectivity index (χ3n) is 3.21. The van der Waals surface area contributed by atoms with Crippen molar-refractivity contribution in [2.75, 3.05) is 13.1 Å². The number of β-amino-alcohol motifs (C(OH)–C–C–N with tert-alkyl or cyclic N) is 1. The molecule has 2 unspecified atom stereocenters. The minimum atomic E-state index is -1.02. The molecule has 1 rings (SSSR count). The highest BCUT2D eigenvalue weighted by atomic mass is 16.4.